The highest BCUT2D eigenvalue weighted by molar-refractivity contribution is 7.89. The van der Waals surface area contributed by atoms with Crippen molar-refractivity contribution in [3.8, 4) is 0 Å². The van der Waals surface area contributed by atoms with Crippen LogP contribution in [0.15, 0.2) is 0 Å². The van der Waals surface area contributed by atoms with Gasteiger partial charge in [0.1, 0.15) is 0 Å². The highest BCUT2D eigenvalue weighted by Crippen LogP contribution is 2.44. The van der Waals surface area contributed by atoms with Crippen LogP contribution in [-0.2, 0) is 10.0 Å². The van der Waals surface area contributed by atoms with E-state index in [4.69, 9.17) is 46.4 Å². The average Bonchev–Trinajstić information content (AvgIpc) is 3.14. The molecule has 0 spiro atoms. The third-order valence-corrected chi connectivity index (χ3v) is 10.7. The third kappa shape index (κ3) is 3.93. The van der Waals surface area contributed by atoms with Gasteiger partial charge in [-0.05, 0) is 31.7 Å². The highest BCUT2D eigenvalue weighted by atomic mass is 35.5. The lowest BCUT2D eigenvalue weighted by molar-refractivity contribution is 0.0306. The van der Waals surface area contributed by atoms with Gasteiger partial charge in [-0.15, -0.1) is 46.4 Å². The van der Waals surface area contributed by atoms with Gasteiger partial charge in [-0.2, -0.15) is 0 Å². The molecule has 2 aliphatic heterocycles. The Kier molecular flexibility index (Phi) is 6.76. The van der Waals surface area contributed by atoms with E-state index in [1.807, 2.05) is 0 Å². The van der Waals surface area contributed by atoms with E-state index >= 15 is 0 Å². The zero-order chi connectivity index (χ0) is 18.4. The fraction of sp³-hybridized carbons (Fsp3) is 1.00. The Morgan fingerprint density at radius 2 is 1.52 bits per heavy atom. The monoisotopic (exact) mass is 452 g/mol. The van der Waals surface area contributed by atoms with Gasteiger partial charge in [0, 0.05) is 25.6 Å². The molecule has 1 saturated carbocycles. The SMILES string of the molecule is O=S(=O)(C1CCNC1)N1CCC(C2C(O)C(Cl)C(Cl)C(Cl)C2Cl)CC1. The van der Waals surface area contributed by atoms with Crippen molar-refractivity contribution in [3.63, 3.8) is 0 Å². The smallest absolute Gasteiger partial charge is 0.218 e. The summed E-state index contributed by atoms with van der Waals surface area (Å²) in [6.07, 6.45) is 1.11. The maximum absolute atomic E-state index is 12.7. The number of hydrogen-bond donors (Lipinski definition) is 2. The molecule has 0 aromatic carbocycles. The Morgan fingerprint density at radius 1 is 0.920 bits per heavy atom. The minimum atomic E-state index is -3.27. The average molecular weight is 454 g/mol. The number of nitrogens with one attached hydrogen (secondary N) is 1. The molecule has 25 heavy (non-hydrogen) atoms. The van der Waals surface area contributed by atoms with Crippen LogP contribution in [0.2, 0.25) is 0 Å². The summed E-state index contributed by atoms with van der Waals surface area (Å²) < 4.78 is 27.0. The van der Waals surface area contributed by atoms with Crippen LogP contribution in [0.5, 0.6) is 0 Å². The van der Waals surface area contributed by atoms with Gasteiger partial charge in [0.2, 0.25) is 10.0 Å². The number of alkyl halides is 4. The fourth-order valence-electron chi connectivity index (χ4n) is 4.30. The summed E-state index contributed by atoms with van der Waals surface area (Å²) in [6, 6.07) is 0. The van der Waals surface area contributed by atoms with Gasteiger partial charge < -0.3 is 10.4 Å². The number of halogens is 4. The molecule has 3 fully saturated rings. The van der Waals surface area contributed by atoms with E-state index in [1.54, 1.807) is 4.31 Å². The minimum Gasteiger partial charge on any atom is -0.391 e. The molecule has 1 aliphatic carbocycles. The Labute approximate surface area is 169 Å². The molecule has 3 aliphatic rings. The van der Waals surface area contributed by atoms with Crippen LogP contribution in [0.25, 0.3) is 0 Å². The second-order valence-corrected chi connectivity index (χ2v) is 11.5. The van der Waals surface area contributed by atoms with Crippen molar-refractivity contribution in [2.24, 2.45) is 11.8 Å². The van der Waals surface area contributed by atoms with E-state index in [0.717, 1.165) is 6.54 Å². The largest absolute Gasteiger partial charge is 0.391 e. The molecule has 0 aromatic rings. The molecule has 0 aromatic heterocycles. The summed E-state index contributed by atoms with van der Waals surface area (Å²) in [6.45, 7) is 2.16. The lowest BCUT2D eigenvalue weighted by atomic mass is 9.73. The zero-order valence-electron chi connectivity index (χ0n) is 13.7. The third-order valence-electron chi connectivity index (χ3n) is 5.84. The zero-order valence-corrected chi connectivity index (χ0v) is 17.5. The maximum atomic E-state index is 12.7. The summed E-state index contributed by atoms with van der Waals surface area (Å²) in [4.78, 5) is 0. The van der Waals surface area contributed by atoms with Crippen LogP contribution in [0.4, 0.5) is 0 Å². The molecular formula is C15H24Cl4N2O3S. The normalized spacial score (nSPS) is 44.9. The van der Waals surface area contributed by atoms with Crippen molar-refractivity contribution < 1.29 is 13.5 Å². The fourth-order valence-corrected chi connectivity index (χ4v) is 7.80. The molecule has 0 radical (unpaired) electrons. The van der Waals surface area contributed by atoms with Gasteiger partial charge in [-0.1, -0.05) is 0 Å². The topological polar surface area (TPSA) is 69.6 Å². The van der Waals surface area contributed by atoms with Gasteiger partial charge >= 0.3 is 0 Å². The first-order valence-corrected chi connectivity index (χ1v) is 11.9. The molecule has 5 nitrogen and oxygen atoms in total. The molecule has 2 N–H and O–H groups in total. The maximum Gasteiger partial charge on any atom is 0.218 e. The minimum absolute atomic E-state index is 0.0809. The van der Waals surface area contributed by atoms with Crippen LogP contribution in [0.1, 0.15) is 19.3 Å². The Morgan fingerprint density at radius 3 is 2.08 bits per heavy atom. The lowest BCUT2D eigenvalue weighted by Crippen LogP contribution is -2.57. The predicted octanol–water partition coefficient (Wildman–Crippen LogP) is 1.81. The Bertz CT molecular complexity index is 551. The highest BCUT2D eigenvalue weighted by Gasteiger charge is 2.51. The first-order valence-electron chi connectivity index (χ1n) is 8.69. The number of piperidine rings is 1. The van der Waals surface area contributed by atoms with Crippen LogP contribution in [0.3, 0.4) is 0 Å². The van der Waals surface area contributed by atoms with E-state index in [9.17, 15) is 13.5 Å². The summed E-state index contributed by atoms with van der Waals surface area (Å²) in [5.41, 5.74) is 0. The van der Waals surface area contributed by atoms with Crippen molar-refractivity contribution in [1.82, 2.24) is 9.62 Å². The second kappa shape index (κ2) is 8.16. The van der Waals surface area contributed by atoms with Crippen LogP contribution in [0, 0.1) is 11.8 Å². The first kappa shape index (κ1) is 20.7. The summed E-state index contributed by atoms with van der Waals surface area (Å²) in [5.74, 6) is -0.197. The molecule has 7 unspecified atom stereocenters. The van der Waals surface area contributed by atoms with E-state index in [1.165, 1.54) is 0 Å². The standard InChI is InChI=1S/C15H24Cl4N2O3S/c16-11-10(15(22)14(19)13(18)12(11)17)8-2-5-21(6-3-8)25(23,24)9-1-4-20-7-9/h8-15,20,22H,1-7H2. The van der Waals surface area contributed by atoms with E-state index < -0.39 is 37.6 Å². The van der Waals surface area contributed by atoms with Gasteiger partial charge in [0.05, 0.1) is 32.9 Å². The summed E-state index contributed by atoms with van der Waals surface area (Å²) in [7, 11) is -3.27. The van der Waals surface area contributed by atoms with E-state index in [-0.39, 0.29) is 17.1 Å². The van der Waals surface area contributed by atoms with Gasteiger partial charge in [0.25, 0.3) is 0 Å². The number of sulfonamides is 1. The van der Waals surface area contributed by atoms with Gasteiger partial charge in [0.15, 0.2) is 0 Å². The number of aliphatic hydroxyl groups is 1. The summed E-state index contributed by atoms with van der Waals surface area (Å²) in [5, 5.41) is 11.1. The number of nitrogens with zero attached hydrogens (tertiary/aromatic N) is 1. The van der Waals surface area contributed by atoms with Crippen LogP contribution in [-0.4, -0.2) is 76.9 Å². The predicted molar refractivity (Wildman–Crippen MR) is 103 cm³/mol. The van der Waals surface area contributed by atoms with Gasteiger partial charge in [-0.3, -0.25) is 0 Å². The van der Waals surface area contributed by atoms with Crippen molar-refractivity contribution in [1.29, 1.82) is 0 Å². The lowest BCUT2D eigenvalue weighted by Gasteiger charge is -2.46. The number of rotatable bonds is 3. The number of aliphatic hydroxyl groups excluding tert-OH is 1. The number of hydrogen-bond acceptors (Lipinski definition) is 4. The molecule has 2 heterocycles. The molecule has 10 heteroatoms. The van der Waals surface area contributed by atoms with E-state index in [2.05, 4.69) is 5.32 Å². The molecule has 2 saturated heterocycles. The Hall–Kier alpha value is 0.990. The van der Waals surface area contributed by atoms with Crippen molar-refractivity contribution in [2.45, 2.75) is 52.1 Å². The molecule has 3 rings (SSSR count). The molecular weight excluding hydrogens is 430 g/mol. The molecule has 7 atom stereocenters. The molecule has 146 valence electrons. The second-order valence-electron chi connectivity index (χ2n) is 7.24. The quantitative estimate of drug-likeness (QED) is 0.639. The first-order chi connectivity index (χ1) is 11.7. The molecule has 0 bridgehead atoms. The van der Waals surface area contributed by atoms with Crippen molar-refractivity contribution >= 4 is 56.4 Å². The van der Waals surface area contributed by atoms with Crippen molar-refractivity contribution in [3.05, 3.63) is 0 Å². The molecule has 0 amide bonds. The van der Waals surface area contributed by atoms with Crippen molar-refractivity contribution in [2.75, 3.05) is 26.2 Å². The van der Waals surface area contributed by atoms with Crippen LogP contribution >= 0.6 is 46.4 Å². The van der Waals surface area contributed by atoms with Crippen LogP contribution < -0.4 is 5.32 Å². The Balaban J connectivity index is 1.65. The summed E-state index contributed by atoms with van der Waals surface area (Å²) >= 11 is 25.2. The van der Waals surface area contributed by atoms with Gasteiger partial charge in [-0.25, -0.2) is 12.7 Å². The van der Waals surface area contributed by atoms with E-state index in [0.29, 0.717) is 38.9 Å².